The van der Waals surface area contributed by atoms with Crippen LogP contribution >= 0.6 is 0 Å². The molecule has 1 saturated heterocycles. The Balaban J connectivity index is 2.11. The highest BCUT2D eigenvalue weighted by Gasteiger charge is 2.35. The van der Waals surface area contributed by atoms with Crippen molar-refractivity contribution in [2.75, 3.05) is 10.9 Å². The SMILES string of the molecule is NC(=O)N(c1ncncn1)S(=O)(=O)c1ccccc1C1CCCO1. The van der Waals surface area contributed by atoms with Gasteiger partial charge in [-0.05, 0) is 18.9 Å². The van der Waals surface area contributed by atoms with Crippen LogP contribution in [0.4, 0.5) is 10.7 Å². The number of sulfonamides is 1. The normalized spacial score (nSPS) is 17.6. The van der Waals surface area contributed by atoms with Gasteiger partial charge in [-0.15, -0.1) is 4.31 Å². The van der Waals surface area contributed by atoms with Crippen LogP contribution in [0.3, 0.4) is 0 Å². The molecule has 24 heavy (non-hydrogen) atoms. The highest BCUT2D eigenvalue weighted by atomic mass is 32.2. The van der Waals surface area contributed by atoms with Gasteiger partial charge in [0, 0.05) is 12.2 Å². The van der Waals surface area contributed by atoms with E-state index < -0.39 is 16.1 Å². The molecule has 1 fully saturated rings. The van der Waals surface area contributed by atoms with Crippen molar-refractivity contribution < 1.29 is 17.9 Å². The first-order valence-electron chi connectivity index (χ1n) is 7.19. The Labute approximate surface area is 138 Å². The third-order valence-electron chi connectivity index (χ3n) is 3.58. The molecule has 1 unspecified atom stereocenters. The van der Waals surface area contributed by atoms with Crippen molar-refractivity contribution in [1.29, 1.82) is 0 Å². The largest absolute Gasteiger partial charge is 0.373 e. The second-order valence-electron chi connectivity index (χ2n) is 5.09. The van der Waals surface area contributed by atoms with Gasteiger partial charge in [-0.1, -0.05) is 18.2 Å². The fourth-order valence-corrected chi connectivity index (χ4v) is 4.06. The monoisotopic (exact) mass is 349 g/mol. The molecule has 3 rings (SSSR count). The van der Waals surface area contributed by atoms with E-state index in [2.05, 4.69) is 15.0 Å². The number of carbonyl (C=O) groups is 1. The van der Waals surface area contributed by atoms with Gasteiger partial charge in [-0.3, -0.25) is 0 Å². The Bertz CT molecular complexity index is 837. The fraction of sp³-hybridized carbons (Fsp3) is 0.286. The minimum Gasteiger partial charge on any atom is -0.373 e. The van der Waals surface area contributed by atoms with Crippen molar-refractivity contribution in [2.24, 2.45) is 5.73 Å². The molecule has 9 nitrogen and oxygen atoms in total. The number of amides is 2. The fourth-order valence-electron chi connectivity index (χ4n) is 2.57. The number of benzene rings is 1. The highest BCUT2D eigenvalue weighted by Crippen LogP contribution is 2.34. The van der Waals surface area contributed by atoms with Gasteiger partial charge in [-0.25, -0.2) is 18.2 Å². The molecule has 1 atom stereocenters. The molecule has 1 aliphatic rings. The zero-order chi connectivity index (χ0) is 17.2. The molecule has 1 aromatic heterocycles. The first-order valence-corrected chi connectivity index (χ1v) is 8.63. The summed E-state index contributed by atoms with van der Waals surface area (Å²) in [5, 5.41) is 0. The maximum absolute atomic E-state index is 13.0. The summed E-state index contributed by atoms with van der Waals surface area (Å²) in [7, 11) is -4.30. The molecule has 0 radical (unpaired) electrons. The molecule has 126 valence electrons. The van der Waals surface area contributed by atoms with Gasteiger partial charge < -0.3 is 10.5 Å². The quantitative estimate of drug-likeness (QED) is 0.871. The number of carbonyl (C=O) groups excluding carboxylic acids is 1. The third-order valence-corrected chi connectivity index (χ3v) is 5.33. The lowest BCUT2D eigenvalue weighted by atomic mass is 10.1. The third kappa shape index (κ3) is 2.93. The smallest absolute Gasteiger partial charge is 0.336 e. The van der Waals surface area contributed by atoms with E-state index >= 15 is 0 Å². The van der Waals surface area contributed by atoms with Crippen molar-refractivity contribution in [3.05, 3.63) is 42.5 Å². The van der Waals surface area contributed by atoms with Crippen molar-refractivity contribution in [2.45, 2.75) is 23.8 Å². The first-order chi connectivity index (χ1) is 11.5. The molecule has 2 heterocycles. The number of primary amides is 1. The molecular weight excluding hydrogens is 334 g/mol. The minimum atomic E-state index is -4.30. The van der Waals surface area contributed by atoms with Gasteiger partial charge in [0.25, 0.3) is 16.0 Å². The van der Waals surface area contributed by atoms with Gasteiger partial charge in [0.15, 0.2) is 0 Å². The number of ether oxygens (including phenoxy) is 1. The predicted octanol–water partition coefficient (Wildman–Crippen LogP) is 0.997. The Hall–Kier alpha value is -2.59. The second-order valence-corrected chi connectivity index (χ2v) is 6.84. The predicted molar refractivity (Wildman–Crippen MR) is 83.4 cm³/mol. The lowest BCUT2D eigenvalue weighted by Crippen LogP contribution is -2.42. The van der Waals surface area contributed by atoms with E-state index in [0.717, 1.165) is 19.1 Å². The number of nitrogens with two attached hydrogens (primary N) is 1. The number of hydrogen-bond donors (Lipinski definition) is 1. The number of anilines is 1. The molecule has 0 aliphatic carbocycles. The van der Waals surface area contributed by atoms with Crippen LogP contribution in [0.15, 0.2) is 41.8 Å². The summed E-state index contributed by atoms with van der Waals surface area (Å²) in [4.78, 5) is 22.8. The maximum atomic E-state index is 13.0. The van der Waals surface area contributed by atoms with Crippen molar-refractivity contribution in [3.8, 4) is 0 Å². The lowest BCUT2D eigenvalue weighted by Gasteiger charge is -2.21. The summed E-state index contributed by atoms with van der Waals surface area (Å²) < 4.78 is 32.0. The number of urea groups is 1. The zero-order valence-electron chi connectivity index (χ0n) is 12.6. The average Bonchev–Trinajstić information content (AvgIpc) is 3.10. The lowest BCUT2D eigenvalue weighted by molar-refractivity contribution is 0.110. The number of nitrogens with zero attached hydrogens (tertiary/aromatic N) is 4. The van der Waals surface area contributed by atoms with Crippen LogP contribution in [0.2, 0.25) is 0 Å². The summed E-state index contributed by atoms with van der Waals surface area (Å²) in [5.74, 6) is -0.361. The van der Waals surface area contributed by atoms with Gasteiger partial charge in [0.2, 0.25) is 0 Å². The molecular formula is C14H15N5O4S. The van der Waals surface area contributed by atoms with E-state index in [9.17, 15) is 13.2 Å². The molecule has 0 saturated carbocycles. The van der Waals surface area contributed by atoms with Crippen LogP contribution in [-0.4, -0.2) is 36.0 Å². The molecule has 1 aliphatic heterocycles. The number of hydrogen-bond acceptors (Lipinski definition) is 7. The summed E-state index contributed by atoms with van der Waals surface area (Å²) >= 11 is 0. The molecule has 10 heteroatoms. The topological polar surface area (TPSA) is 128 Å². The first kappa shape index (κ1) is 16.3. The highest BCUT2D eigenvalue weighted by molar-refractivity contribution is 7.93. The molecule has 2 N–H and O–H groups in total. The Morgan fingerprint density at radius 3 is 2.58 bits per heavy atom. The maximum Gasteiger partial charge on any atom is 0.336 e. The Kier molecular flexibility index (Phi) is 4.40. The molecule has 0 spiro atoms. The summed E-state index contributed by atoms with van der Waals surface area (Å²) in [5.41, 5.74) is 5.75. The van der Waals surface area contributed by atoms with E-state index in [0.29, 0.717) is 22.9 Å². The van der Waals surface area contributed by atoms with Gasteiger partial charge in [0.1, 0.15) is 12.7 Å². The van der Waals surface area contributed by atoms with Crippen LogP contribution < -0.4 is 10.0 Å². The summed E-state index contributed by atoms with van der Waals surface area (Å²) in [6.45, 7) is 0.562. The van der Waals surface area contributed by atoms with Crippen LogP contribution in [0, 0.1) is 0 Å². The molecule has 0 bridgehead atoms. The average molecular weight is 349 g/mol. The zero-order valence-corrected chi connectivity index (χ0v) is 13.4. The van der Waals surface area contributed by atoms with Gasteiger partial charge in [0.05, 0.1) is 11.0 Å². The molecule has 2 amide bonds. The van der Waals surface area contributed by atoms with E-state index in [1.807, 2.05) is 0 Å². The molecule has 1 aromatic carbocycles. The van der Waals surface area contributed by atoms with Crippen molar-refractivity contribution in [3.63, 3.8) is 0 Å². The minimum absolute atomic E-state index is 0.0592. The van der Waals surface area contributed by atoms with E-state index in [1.54, 1.807) is 18.2 Å². The van der Waals surface area contributed by atoms with E-state index in [1.165, 1.54) is 6.07 Å². The number of aromatic nitrogens is 3. The summed E-state index contributed by atoms with van der Waals surface area (Å²) in [6, 6.07) is 5.15. The van der Waals surface area contributed by atoms with Gasteiger partial charge in [-0.2, -0.15) is 9.97 Å². The van der Waals surface area contributed by atoms with E-state index in [-0.39, 0.29) is 16.9 Å². The number of rotatable bonds is 4. The Morgan fingerprint density at radius 1 is 1.25 bits per heavy atom. The van der Waals surface area contributed by atoms with E-state index in [4.69, 9.17) is 10.5 Å². The van der Waals surface area contributed by atoms with Crippen LogP contribution in [-0.2, 0) is 14.8 Å². The van der Waals surface area contributed by atoms with Crippen LogP contribution in [0.1, 0.15) is 24.5 Å². The summed E-state index contributed by atoms with van der Waals surface area (Å²) in [6.07, 6.45) is 3.37. The van der Waals surface area contributed by atoms with Crippen molar-refractivity contribution >= 4 is 22.0 Å². The van der Waals surface area contributed by atoms with Crippen LogP contribution in [0.5, 0.6) is 0 Å². The van der Waals surface area contributed by atoms with Crippen LogP contribution in [0.25, 0.3) is 0 Å². The standard InChI is InChI=1S/C14H15N5O4S/c15-13(20)19(14-17-8-16-9-18-14)24(21,22)12-6-2-1-4-10(12)11-5-3-7-23-11/h1-2,4,6,8-9,11H,3,5,7H2,(H2,15,20). The van der Waals surface area contributed by atoms with Crippen molar-refractivity contribution in [1.82, 2.24) is 15.0 Å². The second kappa shape index (κ2) is 6.49. The Morgan fingerprint density at radius 2 is 1.96 bits per heavy atom. The van der Waals surface area contributed by atoms with Gasteiger partial charge >= 0.3 is 6.03 Å². The molecule has 2 aromatic rings.